The number of hydrogen-bond donors (Lipinski definition) is 2. The van der Waals surface area contributed by atoms with E-state index in [1.54, 1.807) is 6.07 Å². The maximum atomic E-state index is 12.9. The van der Waals surface area contributed by atoms with Crippen molar-refractivity contribution in [3.05, 3.63) is 44.6 Å². The Morgan fingerprint density at radius 1 is 1.43 bits per heavy atom. The zero-order chi connectivity index (χ0) is 16.8. The van der Waals surface area contributed by atoms with E-state index in [0.29, 0.717) is 10.2 Å². The molecule has 3 N–H and O–H groups in total. The summed E-state index contributed by atoms with van der Waals surface area (Å²) in [4.78, 5) is 20.3. The average Bonchev–Trinajstić information content (AvgIpc) is 3.01. The summed E-state index contributed by atoms with van der Waals surface area (Å²) >= 11 is 1.35. The van der Waals surface area contributed by atoms with Crippen LogP contribution in [0.3, 0.4) is 0 Å². The number of thiophene rings is 1. The van der Waals surface area contributed by atoms with Crippen LogP contribution in [0, 0.1) is 6.92 Å². The van der Waals surface area contributed by atoms with Crippen molar-refractivity contribution in [1.29, 1.82) is 0 Å². The quantitative estimate of drug-likeness (QED) is 0.761. The van der Waals surface area contributed by atoms with Gasteiger partial charge in [0.1, 0.15) is 10.7 Å². The number of halogens is 3. The van der Waals surface area contributed by atoms with E-state index in [1.807, 2.05) is 6.92 Å². The van der Waals surface area contributed by atoms with E-state index in [1.165, 1.54) is 17.5 Å². The normalized spacial score (nSPS) is 12.2. The van der Waals surface area contributed by atoms with E-state index in [0.717, 1.165) is 9.56 Å². The van der Waals surface area contributed by atoms with Crippen molar-refractivity contribution in [2.24, 2.45) is 5.73 Å². The first-order chi connectivity index (χ1) is 10.8. The Kier molecular flexibility index (Phi) is 3.72. The molecule has 0 bridgehead atoms. The number of rotatable bonds is 3. The predicted octanol–water partition coefficient (Wildman–Crippen LogP) is 2.02. The molecule has 3 aromatic heterocycles. The zero-order valence-corrected chi connectivity index (χ0v) is 12.8. The lowest BCUT2D eigenvalue weighted by atomic mass is 10.2. The van der Waals surface area contributed by atoms with Crippen LogP contribution in [-0.4, -0.2) is 19.7 Å². The minimum Gasteiger partial charge on any atom is -0.326 e. The maximum Gasteiger partial charge on any atom is 0.435 e. The van der Waals surface area contributed by atoms with Gasteiger partial charge in [0.2, 0.25) is 0 Å². The summed E-state index contributed by atoms with van der Waals surface area (Å²) in [6.07, 6.45) is -3.36. The summed E-state index contributed by atoms with van der Waals surface area (Å²) in [5.74, 6) is 0.240. The third-order valence-electron chi connectivity index (χ3n) is 3.21. The van der Waals surface area contributed by atoms with Gasteiger partial charge in [-0.25, -0.2) is 4.98 Å². The largest absolute Gasteiger partial charge is 0.435 e. The van der Waals surface area contributed by atoms with Crippen molar-refractivity contribution in [3.63, 3.8) is 0 Å². The molecule has 122 valence electrons. The van der Waals surface area contributed by atoms with Gasteiger partial charge in [-0.2, -0.15) is 18.3 Å². The minimum absolute atomic E-state index is 0.0782. The van der Waals surface area contributed by atoms with Gasteiger partial charge in [0.15, 0.2) is 5.69 Å². The molecule has 6 nitrogen and oxygen atoms in total. The number of H-pyrrole nitrogens is 1. The number of alkyl halides is 3. The smallest absolute Gasteiger partial charge is 0.326 e. The molecule has 0 aliphatic carbocycles. The Morgan fingerprint density at radius 2 is 2.17 bits per heavy atom. The molecule has 0 unspecified atom stereocenters. The third-order valence-corrected chi connectivity index (χ3v) is 4.16. The van der Waals surface area contributed by atoms with Crippen LogP contribution in [0.25, 0.3) is 10.2 Å². The summed E-state index contributed by atoms with van der Waals surface area (Å²) in [6, 6.07) is 1.72. The van der Waals surface area contributed by atoms with Crippen LogP contribution in [0.5, 0.6) is 0 Å². The molecular formula is C13H12F3N5OS. The Labute approximate surface area is 131 Å². The molecule has 10 heteroatoms. The van der Waals surface area contributed by atoms with Crippen molar-refractivity contribution < 1.29 is 13.2 Å². The number of nitrogens with two attached hydrogens (primary N) is 1. The van der Waals surface area contributed by atoms with Crippen LogP contribution in [-0.2, 0) is 19.3 Å². The Balaban J connectivity index is 1.99. The van der Waals surface area contributed by atoms with Gasteiger partial charge in [-0.1, -0.05) is 0 Å². The highest BCUT2D eigenvalue weighted by molar-refractivity contribution is 7.18. The first-order valence-corrected chi connectivity index (χ1v) is 7.42. The third kappa shape index (κ3) is 2.99. The highest BCUT2D eigenvalue weighted by Gasteiger charge is 2.36. The first-order valence-electron chi connectivity index (χ1n) is 6.61. The summed E-state index contributed by atoms with van der Waals surface area (Å²) < 4.78 is 39.7. The van der Waals surface area contributed by atoms with Gasteiger partial charge in [-0.3, -0.25) is 9.48 Å². The zero-order valence-electron chi connectivity index (χ0n) is 11.9. The SMILES string of the molecule is Cc1cc2c(=O)[nH]c(Cn3cc(CN)c(C(F)(F)F)n3)nc2s1. The lowest BCUT2D eigenvalue weighted by Crippen LogP contribution is -2.15. The van der Waals surface area contributed by atoms with Gasteiger partial charge in [-0.15, -0.1) is 11.3 Å². The molecule has 23 heavy (non-hydrogen) atoms. The topological polar surface area (TPSA) is 89.6 Å². The lowest BCUT2D eigenvalue weighted by Gasteiger charge is -2.04. The molecule has 3 heterocycles. The molecule has 0 aliphatic heterocycles. The summed E-state index contributed by atoms with van der Waals surface area (Å²) in [6.45, 7) is 1.50. The van der Waals surface area contributed by atoms with Crippen LogP contribution < -0.4 is 11.3 Å². The van der Waals surface area contributed by atoms with Gasteiger partial charge in [0.25, 0.3) is 5.56 Å². The molecule has 3 aromatic rings. The van der Waals surface area contributed by atoms with Crippen molar-refractivity contribution in [1.82, 2.24) is 19.7 Å². The van der Waals surface area contributed by atoms with Crippen molar-refractivity contribution >= 4 is 21.6 Å². The number of aromatic amines is 1. The van der Waals surface area contributed by atoms with Crippen LogP contribution in [0.4, 0.5) is 13.2 Å². The van der Waals surface area contributed by atoms with Crippen molar-refractivity contribution in [2.75, 3.05) is 0 Å². The summed E-state index contributed by atoms with van der Waals surface area (Å²) in [5, 5.41) is 3.98. The Bertz CT molecular complexity index is 924. The van der Waals surface area contributed by atoms with Crippen molar-refractivity contribution in [2.45, 2.75) is 26.2 Å². The molecule has 0 aromatic carbocycles. The summed E-state index contributed by atoms with van der Waals surface area (Å²) in [7, 11) is 0. The molecule has 0 aliphatic rings. The van der Waals surface area contributed by atoms with Crippen molar-refractivity contribution in [3.8, 4) is 0 Å². The number of aromatic nitrogens is 4. The van der Waals surface area contributed by atoms with E-state index in [9.17, 15) is 18.0 Å². The van der Waals surface area contributed by atoms with Gasteiger partial charge in [-0.05, 0) is 13.0 Å². The average molecular weight is 343 g/mol. The number of nitrogens with zero attached hydrogens (tertiary/aromatic N) is 3. The van der Waals surface area contributed by atoms with Crippen LogP contribution in [0.2, 0.25) is 0 Å². The molecule has 3 rings (SSSR count). The fourth-order valence-corrected chi connectivity index (χ4v) is 3.16. The van der Waals surface area contributed by atoms with Crippen LogP contribution >= 0.6 is 11.3 Å². The van der Waals surface area contributed by atoms with E-state index < -0.39 is 11.9 Å². The second-order valence-electron chi connectivity index (χ2n) is 4.99. The fraction of sp³-hybridized carbons (Fsp3) is 0.308. The van der Waals surface area contributed by atoms with Gasteiger partial charge < -0.3 is 10.7 Å². The first kappa shape index (κ1) is 15.7. The number of hydrogen-bond acceptors (Lipinski definition) is 5. The molecule has 0 fully saturated rings. The number of nitrogens with one attached hydrogen (secondary N) is 1. The van der Waals surface area contributed by atoms with E-state index in [4.69, 9.17) is 5.73 Å². The van der Waals surface area contributed by atoms with E-state index in [-0.39, 0.29) is 30.0 Å². The summed E-state index contributed by atoms with van der Waals surface area (Å²) in [5.41, 5.74) is 3.89. The van der Waals surface area contributed by atoms with Crippen LogP contribution in [0.1, 0.15) is 22.0 Å². The minimum atomic E-state index is -4.57. The lowest BCUT2D eigenvalue weighted by molar-refractivity contribution is -0.142. The highest BCUT2D eigenvalue weighted by Crippen LogP contribution is 2.30. The van der Waals surface area contributed by atoms with E-state index in [2.05, 4.69) is 15.1 Å². The molecule has 0 atom stereocenters. The van der Waals surface area contributed by atoms with Gasteiger partial charge in [0.05, 0.1) is 11.9 Å². The second kappa shape index (κ2) is 5.46. The highest BCUT2D eigenvalue weighted by atomic mass is 32.1. The molecule has 0 saturated carbocycles. The standard InChI is InChI=1S/C13H12F3N5OS/c1-6-2-8-11(22)18-9(19-12(8)23-6)5-21-4-7(3-17)10(20-21)13(14,15)16/h2,4H,3,5,17H2,1H3,(H,18,19,22). The van der Waals surface area contributed by atoms with Gasteiger partial charge in [0, 0.05) is 23.2 Å². The molecule has 0 saturated heterocycles. The second-order valence-corrected chi connectivity index (χ2v) is 6.23. The molecule has 0 spiro atoms. The molecular weight excluding hydrogens is 331 g/mol. The van der Waals surface area contributed by atoms with E-state index >= 15 is 0 Å². The monoisotopic (exact) mass is 343 g/mol. The Hall–Kier alpha value is -2.20. The fourth-order valence-electron chi connectivity index (χ4n) is 2.26. The van der Waals surface area contributed by atoms with Gasteiger partial charge >= 0.3 is 6.18 Å². The number of aryl methyl sites for hydroxylation is 1. The maximum absolute atomic E-state index is 12.9. The Morgan fingerprint density at radius 3 is 2.78 bits per heavy atom. The predicted molar refractivity (Wildman–Crippen MR) is 79.2 cm³/mol. The molecule has 0 radical (unpaired) electrons. The molecule has 0 amide bonds. The van der Waals surface area contributed by atoms with Crippen LogP contribution in [0.15, 0.2) is 17.1 Å². The number of fused-ring (bicyclic) bond motifs is 1.